The van der Waals surface area contributed by atoms with E-state index in [2.05, 4.69) is 26.8 Å². The van der Waals surface area contributed by atoms with E-state index in [0.29, 0.717) is 17.1 Å². The summed E-state index contributed by atoms with van der Waals surface area (Å²) in [6.07, 6.45) is 3.20. The maximum absolute atomic E-state index is 12.8. The molecule has 2 heterocycles. The molecule has 0 saturated carbocycles. The number of imidazole rings is 1. The van der Waals surface area contributed by atoms with E-state index in [-0.39, 0.29) is 23.2 Å². The molecule has 0 radical (unpaired) electrons. The lowest BCUT2D eigenvalue weighted by atomic mass is 10.1. The number of amides is 1. The smallest absolute Gasteiger partial charge is 0.255 e. The minimum atomic E-state index is -3.25. The molecule has 0 aliphatic heterocycles. The van der Waals surface area contributed by atoms with E-state index in [0.717, 1.165) is 34.0 Å². The van der Waals surface area contributed by atoms with Crippen LogP contribution in [0.15, 0.2) is 77.8 Å². The summed E-state index contributed by atoms with van der Waals surface area (Å²) in [6, 6.07) is 19.7. The average molecular weight is 495 g/mol. The fourth-order valence-electron chi connectivity index (χ4n) is 3.90. The Kier molecular flexibility index (Phi) is 6.20. The largest absolute Gasteiger partial charge is 0.348 e. The summed E-state index contributed by atoms with van der Waals surface area (Å²) < 4.78 is 25.5. The van der Waals surface area contributed by atoms with Crippen molar-refractivity contribution in [1.82, 2.24) is 14.5 Å². The number of anilines is 1. The number of H-pyrrole nitrogens is 1. The van der Waals surface area contributed by atoms with Gasteiger partial charge in [-0.25, -0.2) is 13.4 Å². The first-order valence-corrected chi connectivity index (χ1v) is 12.4. The Hall–Kier alpha value is -3.62. The Balaban J connectivity index is 0.00000274. The third-order valence-corrected chi connectivity index (χ3v) is 6.80. The Morgan fingerprint density at radius 1 is 1.03 bits per heavy atom. The number of aromatic amines is 1. The second-order valence-corrected chi connectivity index (χ2v) is 9.96. The Bertz CT molecular complexity index is 1620. The van der Waals surface area contributed by atoms with Gasteiger partial charge in [-0.15, -0.1) is 12.4 Å². The van der Waals surface area contributed by atoms with E-state index in [1.165, 1.54) is 6.26 Å². The number of rotatable bonds is 5. The Labute approximate surface area is 203 Å². The van der Waals surface area contributed by atoms with E-state index in [1.807, 2.05) is 48.7 Å². The maximum Gasteiger partial charge on any atom is 0.255 e. The fraction of sp³-hybridized carbons (Fsp3) is 0.120. The third kappa shape index (κ3) is 4.42. The SMILES string of the molecule is CCn1ccc2cc(C(=O)Nc3ccc4nc(-c5ccc(S(C)(=O)=O)cc5)[nH]c4c3)ccc21.Cl. The summed E-state index contributed by atoms with van der Waals surface area (Å²) in [5.41, 5.74) is 4.64. The van der Waals surface area contributed by atoms with Gasteiger partial charge in [0, 0.05) is 46.7 Å². The molecule has 0 saturated heterocycles. The van der Waals surface area contributed by atoms with E-state index < -0.39 is 9.84 Å². The van der Waals surface area contributed by atoms with Gasteiger partial charge in [-0.1, -0.05) is 0 Å². The highest BCUT2D eigenvalue weighted by atomic mass is 35.5. The monoisotopic (exact) mass is 494 g/mol. The van der Waals surface area contributed by atoms with Crippen LogP contribution in [0.3, 0.4) is 0 Å². The third-order valence-electron chi connectivity index (χ3n) is 5.67. The first-order chi connectivity index (χ1) is 15.8. The molecule has 0 fully saturated rings. The number of benzene rings is 3. The van der Waals surface area contributed by atoms with E-state index in [4.69, 9.17) is 0 Å². The molecule has 1 amide bonds. The zero-order valence-electron chi connectivity index (χ0n) is 18.6. The lowest BCUT2D eigenvalue weighted by molar-refractivity contribution is 0.102. The quantitative estimate of drug-likeness (QED) is 0.347. The highest BCUT2D eigenvalue weighted by Crippen LogP contribution is 2.25. The molecule has 0 atom stereocenters. The fourth-order valence-corrected chi connectivity index (χ4v) is 4.53. The summed E-state index contributed by atoms with van der Waals surface area (Å²) in [5, 5.41) is 3.98. The second-order valence-electron chi connectivity index (χ2n) is 7.94. The zero-order chi connectivity index (χ0) is 23.2. The zero-order valence-corrected chi connectivity index (χ0v) is 20.2. The summed E-state index contributed by atoms with van der Waals surface area (Å²) in [7, 11) is -3.25. The minimum absolute atomic E-state index is 0. The Morgan fingerprint density at radius 3 is 2.50 bits per heavy atom. The van der Waals surface area contributed by atoms with Crippen molar-refractivity contribution >= 4 is 55.8 Å². The Morgan fingerprint density at radius 2 is 1.79 bits per heavy atom. The van der Waals surface area contributed by atoms with Gasteiger partial charge in [-0.3, -0.25) is 4.79 Å². The van der Waals surface area contributed by atoms with Gasteiger partial charge < -0.3 is 14.9 Å². The van der Waals surface area contributed by atoms with E-state index in [9.17, 15) is 13.2 Å². The van der Waals surface area contributed by atoms with Crippen LogP contribution >= 0.6 is 12.4 Å². The summed E-state index contributed by atoms with van der Waals surface area (Å²) in [5.74, 6) is 0.441. The van der Waals surface area contributed by atoms with Gasteiger partial charge in [0.05, 0.1) is 15.9 Å². The van der Waals surface area contributed by atoms with E-state index in [1.54, 1.807) is 24.3 Å². The van der Waals surface area contributed by atoms with E-state index >= 15 is 0 Å². The minimum Gasteiger partial charge on any atom is -0.348 e. The van der Waals surface area contributed by atoms with Crippen molar-refractivity contribution in [1.29, 1.82) is 0 Å². The molecule has 9 heteroatoms. The van der Waals surface area contributed by atoms with Crippen LogP contribution in [-0.2, 0) is 16.4 Å². The van der Waals surface area contributed by atoms with Crippen LogP contribution in [0.25, 0.3) is 33.3 Å². The molecule has 5 rings (SSSR count). The molecule has 34 heavy (non-hydrogen) atoms. The van der Waals surface area contributed by atoms with Crippen molar-refractivity contribution in [3.63, 3.8) is 0 Å². The number of hydrogen-bond acceptors (Lipinski definition) is 4. The predicted octanol–water partition coefficient (Wildman–Crippen LogP) is 5.28. The van der Waals surface area contributed by atoms with Crippen molar-refractivity contribution in [2.45, 2.75) is 18.4 Å². The number of carbonyl (C=O) groups excluding carboxylic acids is 1. The number of carbonyl (C=O) groups is 1. The number of sulfone groups is 1. The lowest BCUT2D eigenvalue weighted by Gasteiger charge is -2.06. The van der Waals surface area contributed by atoms with Gasteiger partial charge in [-0.2, -0.15) is 0 Å². The topological polar surface area (TPSA) is 96.8 Å². The number of nitrogens with one attached hydrogen (secondary N) is 2. The van der Waals surface area contributed by atoms with Crippen LogP contribution in [0.2, 0.25) is 0 Å². The molecule has 3 aromatic carbocycles. The molecule has 2 aromatic heterocycles. The molecule has 0 aliphatic rings. The first-order valence-electron chi connectivity index (χ1n) is 10.5. The first kappa shape index (κ1) is 23.5. The molecule has 2 N–H and O–H groups in total. The number of aromatic nitrogens is 3. The lowest BCUT2D eigenvalue weighted by Crippen LogP contribution is -2.11. The summed E-state index contributed by atoms with van der Waals surface area (Å²) >= 11 is 0. The summed E-state index contributed by atoms with van der Waals surface area (Å²) in [4.78, 5) is 20.9. The van der Waals surface area contributed by atoms with Crippen LogP contribution < -0.4 is 5.32 Å². The molecule has 0 spiro atoms. The van der Waals surface area contributed by atoms with Gasteiger partial charge in [-0.05, 0) is 73.7 Å². The molecule has 174 valence electrons. The normalized spacial score (nSPS) is 11.5. The molecule has 7 nitrogen and oxygen atoms in total. The van der Waals surface area contributed by atoms with Crippen LogP contribution in [-0.4, -0.2) is 35.1 Å². The average Bonchev–Trinajstić information content (AvgIpc) is 3.41. The summed E-state index contributed by atoms with van der Waals surface area (Å²) in [6.45, 7) is 2.96. The number of halogens is 1. The van der Waals surface area contributed by atoms with Gasteiger partial charge >= 0.3 is 0 Å². The van der Waals surface area contributed by atoms with Crippen LogP contribution in [0.1, 0.15) is 17.3 Å². The van der Waals surface area contributed by atoms with Gasteiger partial charge in [0.1, 0.15) is 5.82 Å². The predicted molar refractivity (Wildman–Crippen MR) is 137 cm³/mol. The number of fused-ring (bicyclic) bond motifs is 2. The van der Waals surface area contributed by atoms with Crippen molar-refractivity contribution in [3.05, 3.63) is 78.5 Å². The van der Waals surface area contributed by atoms with Crippen molar-refractivity contribution in [3.8, 4) is 11.4 Å². The van der Waals surface area contributed by atoms with Crippen molar-refractivity contribution in [2.24, 2.45) is 0 Å². The number of hydrogen-bond donors (Lipinski definition) is 2. The number of nitrogens with zero attached hydrogens (tertiary/aromatic N) is 2. The molecule has 5 aromatic rings. The molecule has 0 unspecified atom stereocenters. The van der Waals surface area contributed by atoms with Crippen molar-refractivity contribution < 1.29 is 13.2 Å². The van der Waals surface area contributed by atoms with Crippen LogP contribution in [0, 0.1) is 0 Å². The molecular weight excluding hydrogens is 472 g/mol. The molecule has 0 bridgehead atoms. The number of aryl methyl sites for hydroxylation is 1. The van der Waals surface area contributed by atoms with Crippen LogP contribution in [0.5, 0.6) is 0 Å². The second kappa shape index (κ2) is 8.96. The standard InChI is InChI=1S/C25H22N4O3S.ClH/c1-3-29-13-12-17-14-18(6-11-23(17)29)25(30)26-19-7-10-21-22(15-19)28-24(27-21)16-4-8-20(9-5-16)33(2,31)32;/h4-15H,3H2,1-2H3,(H,26,30)(H,27,28);1H. The van der Waals surface area contributed by atoms with Crippen LogP contribution in [0.4, 0.5) is 5.69 Å². The molecular formula is C25H23ClN4O3S. The molecule has 0 aliphatic carbocycles. The highest BCUT2D eigenvalue weighted by molar-refractivity contribution is 7.90. The van der Waals surface area contributed by atoms with Gasteiger partial charge in [0.15, 0.2) is 9.84 Å². The maximum atomic E-state index is 12.8. The highest BCUT2D eigenvalue weighted by Gasteiger charge is 2.12. The van der Waals surface area contributed by atoms with Gasteiger partial charge in [0.2, 0.25) is 0 Å². The van der Waals surface area contributed by atoms with Crippen molar-refractivity contribution in [2.75, 3.05) is 11.6 Å². The van der Waals surface area contributed by atoms with Gasteiger partial charge in [0.25, 0.3) is 5.91 Å².